The van der Waals surface area contributed by atoms with Gasteiger partial charge in [0, 0.05) is 30.9 Å². The Morgan fingerprint density at radius 3 is 2.68 bits per heavy atom. The molecule has 1 saturated carbocycles. The van der Waals surface area contributed by atoms with Crippen LogP contribution in [0.2, 0.25) is 0 Å². The van der Waals surface area contributed by atoms with Crippen LogP contribution in [0.15, 0.2) is 5.38 Å². The molecule has 8 heteroatoms. The molecule has 2 amide bonds. The van der Waals surface area contributed by atoms with Gasteiger partial charge in [0.1, 0.15) is 10.7 Å². The lowest BCUT2D eigenvalue weighted by atomic mass is 9.95. The summed E-state index contributed by atoms with van der Waals surface area (Å²) in [6.45, 7) is 0.661. The number of amides is 2. The van der Waals surface area contributed by atoms with E-state index in [0.29, 0.717) is 31.2 Å². The summed E-state index contributed by atoms with van der Waals surface area (Å²) >= 11 is 1.36. The third-order valence-electron chi connectivity index (χ3n) is 3.57. The number of rotatable bonds is 6. The first kappa shape index (κ1) is 18.9. The predicted molar refractivity (Wildman–Crippen MR) is 89.2 cm³/mol. The average Bonchev–Trinajstić information content (AvgIpc) is 2.97. The van der Waals surface area contributed by atoms with Gasteiger partial charge in [0.25, 0.3) is 5.91 Å². The highest BCUT2D eigenvalue weighted by Gasteiger charge is 2.16. The Morgan fingerprint density at radius 1 is 1.32 bits per heavy atom. The first-order chi connectivity index (χ1) is 10.2. The summed E-state index contributed by atoms with van der Waals surface area (Å²) in [6.07, 6.45) is 6.08. The summed E-state index contributed by atoms with van der Waals surface area (Å²) in [6, 6.07) is 0.313. The smallest absolute Gasteiger partial charge is 0.270 e. The molecule has 1 aliphatic rings. The van der Waals surface area contributed by atoms with Crippen LogP contribution in [-0.4, -0.2) is 29.4 Å². The molecule has 4 N–H and O–H groups in total. The highest BCUT2D eigenvalue weighted by atomic mass is 35.5. The van der Waals surface area contributed by atoms with E-state index >= 15 is 0 Å². The van der Waals surface area contributed by atoms with E-state index in [1.165, 1.54) is 30.6 Å². The molecular formula is C14H23ClN4O2S. The molecule has 22 heavy (non-hydrogen) atoms. The van der Waals surface area contributed by atoms with Crippen LogP contribution in [0.5, 0.6) is 0 Å². The summed E-state index contributed by atoms with van der Waals surface area (Å²) in [7, 11) is 0. The number of thiazole rings is 1. The maximum absolute atomic E-state index is 11.8. The van der Waals surface area contributed by atoms with Gasteiger partial charge in [-0.15, -0.1) is 23.7 Å². The van der Waals surface area contributed by atoms with Gasteiger partial charge in [-0.05, 0) is 12.8 Å². The Bertz CT molecular complexity index is 489. The second kappa shape index (κ2) is 9.76. The second-order valence-corrected chi connectivity index (χ2v) is 6.18. The van der Waals surface area contributed by atoms with Crippen LogP contribution in [0.3, 0.4) is 0 Å². The van der Waals surface area contributed by atoms with Gasteiger partial charge < -0.3 is 16.4 Å². The van der Waals surface area contributed by atoms with Crippen molar-refractivity contribution in [1.82, 2.24) is 15.6 Å². The van der Waals surface area contributed by atoms with E-state index in [0.717, 1.165) is 17.8 Å². The molecule has 1 heterocycles. The van der Waals surface area contributed by atoms with Crippen molar-refractivity contribution in [2.75, 3.05) is 6.54 Å². The van der Waals surface area contributed by atoms with Crippen LogP contribution in [0, 0.1) is 0 Å². The zero-order valence-corrected chi connectivity index (χ0v) is 14.1. The van der Waals surface area contributed by atoms with Crippen molar-refractivity contribution in [3.8, 4) is 0 Å². The zero-order chi connectivity index (χ0) is 15.1. The maximum Gasteiger partial charge on any atom is 0.270 e. The fourth-order valence-corrected chi connectivity index (χ4v) is 3.09. The Kier molecular flexibility index (Phi) is 8.37. The van der Waals surface area contributed by atoms with Crippen molar-refractivity contribution < 1.29 is 9.59 Å². The molecule has 0 atom stereocenters. The second-order valence-electron chi connectivity index (χ2n) is 5.24. The van der Waals surface area contributed by atoms with Gasteiger partial charge in [-0.25, -0.2) is 4.98 Å². The maximum atomic E-state index is 11.8. The van der Waals surface area contributed by atoms with Crippen molar-refractivity contribution in [2.45, 2.75) is 51.1 Å². The van der Waals surface area contributed by atoms with E-state index in [2.05, 4.69) is 15.6 Å². The van der Waals surface area contributed by atoms with Crippen LogP contribution in [-0.2, 0) is 11.3 Å². The Morgan fingerprint density at radius 2 is 2.05 bits per heavy atom. The zero-order valence-electron chi connectivity index (χ0n) is 12.5. The molecule has 0 spiro atoms. The van der Waals surface area contributed by atoms with Crippen molar-refractivity contribution in [3.63, 3.8) is 0 Å². The highest BCUT2D eigenvalue weighted by molar-refractivity contribution is 7.09. The number of carbonyl (C=O) groups is 2. The molecule has 2 rings (SSSR count). The fraction of sp³-hybridized carbons (Fsp3) is 0.643. The number of nitrogens with zero attached hydrogens (tertiary/aromatic N) is 1. The molecule has 1 aromatic rings. The summed E-state index contributed by atoms with van der Waals surface area (Å²) in [5.41, 5.74) is 5.82. The van der Waals surface area contributed by atoms with Gasteiger partial charge in [0.2, 0.25) is 5.91 Å². The van der Waals surface area contributed by atoms with Crippen LogP contribution >= 0.6 is 23.7 Å². The van der Waals surface area contributed by atoms with E-state index in [9.17, 15) is 9.59 Å². The Balaban J connectivity index is 0.00000242. The molecule has 0 saturated heterocycles. The Hall–Kier alpha value is -1.18. The molecule has 0 unspecified atom stereocenters. The third kappa shape index (κ3) is 5.90. The van der Waals surface area contributed by atoms with Gasteiger partial charge in [-0.1, -0.05) is 19.3 Å². The molecule has 0 aliphatic heterocycles. The van der Waals surface area contributed by atoms with Crippen LogP contribution < -0.4 is 16.4 Å². The first-order valence-corrected chi connectivity index (χ1v) is 8.29. The summed E-state index contributed by atoms with van der Waals surface area (Å²) in [5, 5.41) is 8.15. The summed E-state index contributed by atoms with van der Waals surface area (Å²) in [4.78, 5) is 27.7. The van der Waals surface area contributed by atoms with E-state index in [1.54, 1.807) is 5.38 Å². The quantitative estimate of drug-likeness (QED) is 0.728. The van der Waals surface area contributed by atoms with Gasteiger partial charge in [0.15, 0.2) is 0 Å². The van der Waals surface area contributed by atoms with Crippen molar-refractivity contribution in [3.05, 3.63) is 16.1 Å². The van der Waals surface area contributed by atoms with Crippen LogP contribution in [0.25, 0.3) is 0 Å². The highest BCUT2D eigenvalue weighted by Crippen LogP contribution is 2.17. The topological polar surface area (TPSA) is 97.1 Å². The molecule has 1 aromatic heterocycles. The molecule has 6 nitrogen and oxygen atoms in total. The average molecular weight is 347 g/mol. The largest absolute Gasteiger partial charge is 0.353 e. The van der Waals surface area contributed by atoms with Gasteiger partial charge in [0.05, 0.1) is 0 Å². The number of carbonyl (C=O) groups excluding carboxylic acids is 2. The van der Waals surface area contributed by atoms with Crippen molar-refractivity contribution in [1.29, 1.82) is 0 Å². The normalized spacial score (nSPS) is 15.0. The molecule has 1 fully saturated rings. The van der Waals surface area contributed by atoms with E-state index in [4.69, 9.17) is 5.73 Å². The summed E-state index contributed by atoms with van der Waals surface area (Å²) < 4.78 is 0. The predicted octanol–water partition coefficient (Wildman–Crippen LogP) is 1.59. The molecular weight excluding hydrogens is 324 g/mol. The molecule has 0 radical (unpaired) electrons. The number of hydrogen-bond donors (Lipinski definition) is 3. The minimum atomic E-state index is -0.253. The number of halogens is 1. The Labute approximate surface area is 140 Å². The first-order valence-electron chi connectivity index (χ1n) is 7.41. The van der Waals surface area contributed by atoms with Gasteiger partial charge in [-0.3, -0.25) is 9.59 Å². The lowest BCUT2D eigenvalue weighted by Gasteiger charge is -2.22. The van der Waals surface area contributed by atoms with Crippen LogP contribution in [0.1, 0.15) is 54.0 Å². The standard InChI is InChI=1S/C14H22N4O2S.ClH/c15-8-13-18-11(9-21-13)14(20)16-7-6-12(19)17-10-4-2-1-3-5-10;/h9-10H,1-8,15H2,(H,16,20)(H,17,19);1H. The lowest BCUT2D eigenvalue weighted by molar-refractivity contribution is -0.121. The van der Waals surface area contributed by atoms with E-state index in [-0.39, 0.29) is 24.2 Å². The number of hydrogen-bond acceptors (Lipinski definition) is 5. The SMILES string of the molecule is Cl.NCc1nc(C(=O)NCCC(=O)NC2CCCCC2)cs1. The monoisotopic (exact) mass is 346 g/mol. The van der Waals surface area contributed by atoms with Crippen molar-refractivity contribution in [2.24, 2.45) is 5.73 Å². The van der Waals surface area contributed by atoms with Crippen molar-refractivity contribution >= 4 is 35.6 Å². The molecule has 124 valence electrons. The van der Waals surface area contributed by atoms with E-state index in [1.807, 2.05) is 0 Å². The number of nitrogens with two attached hydrogens (primary N) is 1. The van der Waals surface area contributed by atoms with Gasteiger partial charge in [-0.2, -0.15) is 0 Å². The van der Waals surface area contributed by atoms with E-state index < -0.39 is 0 Å². The van der Waals surface area contributed by atoms with Crippen LogP contribution in [0.4, 0.5) is 0 Å². The number of aromatic nitrogens is 1. The van der Waals surface area contributed by atoms with Gasteiger partial charge >= 0.3 is 0 Å². The fourth-order valence-electron chi connectivity index (χ4n) is 2.44. The molecule has 0 aromatic carbocycles. The number of nitrogens with one attached hydrogen (secondary N) is 2. The molecule has 1 aliphatic carbocycles. The minimum Gasteiger partial charge on any atom is -0.353 e. The third-order valence-corrected chi connectivity index (χ3v) is 4.44. The minimum absolute atomic E-state index is 0. The summed E-state index contributed by atoms with van der Waals surface area (Å²) in [5.74, 6) is -0.250. The molecule has 0 bridgehead atoms. The lowest BCUT2D eigenvalue weighted by Crippen LogP contribution is -2.38.